The summed E-state index contributed by atoms with van der Waals surface area (Å²) in [7, 11) is 1.49. The summed E-state index contributed by atoms with van der Waals surface area (Å²) in [5.74, 6) is 1.53. The van der Waals surface area contributed by atoms with Gasteiger partial charge in [-0.15, -0.1) is 0 Å². The number of methoxy groups -OCH3 is 1. The quantitative estimate of drug-likeness (QED) is 0.768. The Hall–Kier alpha value is -1.45. The highest BCUT2D eigenvalue weighted by molar-refractivity contribution is 6.37. The molecule has 0 aliphatic rings. The lowest BCUT2D eigenvalue weighted by Crippen LogP contribution is -2.05. The number of benzene rings is 1. The van der Waals surface area contributed by atoms with Gasteiger partial charge >= 0.3 is 0 Å². The van der Waals surface area contributed by atoms with Crippen molar-refractivity contribution in [2.45, 2.75) is 20.8 Å². The maximum Gasteiger partial charge on any atom is 0.198 e. The van der Waals surface area contributed by atoms with Crippen LogP contribution in [0.4, 0.5) is 0 Å². The second-order valence-corrected chi connectivity index (χ2v) is 5.32. The first-order valence-electron chi connectivity index (χ1n) is 6.01. The number of hydrogen-bond donors (Lipinski definition) is 0. The Morgan fingerprint density at radius 2 is 1.75 bits per heavy atom. The molecule has 3 nitrogen and oxygen atoms in total. The van der Waals surface area contributed by atoms with Crippen LogP contribution in [0.2, 0.25) is 10.0 Å². The van der Waals surface area contributed by atoms with E-state index in [9.17, 15) is 4.79 Å². The van der Waals surface area contributed by atoms with Crippen molar-refractivity contribution in [2.24, 2.45) is 0 Å². The Morgan fingerprint density at radius 1 is 1.10 bits per heavy atom. The van der Waals surface area contributed by atoms with Crippen LogP contribution in [0.1, 0.15) is 33.0 Å². The fourth-order valence-electron chi connectivity index (χ4n) is 2.12. The molecule has 0 saturated carbocycles. The van der Waals surface area contributed by atoms with Crippen LogP contribution in [0.25, 0.3) is 0 Å². The lowest BCUT2D eigenvalue weighted by Gasteiger charge is -2.08. The van der Waals surface area contributed by atoms with Crippen molar-refractivity contribution in [2.75, 3.05) is 7.11 Å². The summed E-state index contributed by atoms with van der Waals surface area (Å²) in [6, 6.07) is 3.06. The Kier molecular flexibility index (Phi) is 4.11. The van der Waals surface area contributed by atoms with E-state index in [1.807, 2.05) is 13.8 Å². The van der Waals surface area contributed by atoms with Crippen LogP contribution in [0.15, 0.2) is 16.5 Å². The molecule has 0 aliphatic heterocycles. The molecule has 0 N–H and O–H groups in total. The number of aryl methyl sites for hydroxylation is 2. The number of hydrogen-bond acceptors (Lipinski definition) is 3. The third kappa shape index (κ3) is 2.43. The molecule has 0 bridgehead atoms. The van der Waals surface area contributed by atoms with E-state index in [1.54, 1.807) is 6.92 Å². The fraction of sp³-hybridized carbons (Fsp3) is 0.267. The topological polar surface area (TPSA) is 39.4 Å². The molecule has 2 aromatic rings. The molecule has 106 valence electrons. The molecule has 0 unspecified atom stereocenters. The van der Waals surface area contributed by atoms with Gasteiger partial charge < -0.3 is 9.15 Å². The highest BCUT2D eigenvalue weighted by Crippen LogP contribution is 2.33. The van der Waals surface area contributed by atoms with Crippen molar-refractivity contribution in [3.63, 3.8) is 0 Å². The average molecular weight is 313 g/mol. The van der Waals surface area contributed by atoms with Gasteiger partial charge in [-0.2, -0.15) is 0 Å². The van der Waals surface area contributed by atoms with E-state index in [2.05, 4.69) is 0 Å². The van der Waals surface area contributed by atoms with Crippen LogP contribution in [-0.2, 0) is 0 Å². The van der Waals surface area contributed by atoms with Gasteiger partial charge in [0.15, 0.2) is 5.78 Å². The summed E-state index contributed by atoms with van der Waals surface area (Å²) in [5.41, 5.74) is 1.69. The van der Waals surface area contributed by atoms with Crippen LogP contribution in [0.5, 0.6) is 5.75 Å². The van der Waals surface area contributed by atoms with Crippen molar-refractivity contribution in [1.82, 2.24) is 0 Å². The van der Waals surface area contributed by atoms with Crippen molar-refractivity contribution >= 4 is 29.0 Å². The number of ketones is 1. The zero-order valence-electron chi connectivity index (χ0n) is 11.6. The zero-order chi connectivity index (χ0) is 15.0. The molecule has 0 atom stereocenters. The standard InChI is InChI=1S/C15H14Cl2O3/c1-7-8(2)20-9(3)14(7)15(18)10-5-12(17)13(19-4)6-11(10)16/h5-6H,1-4H3. The van der Waals surface area contributed by atoms with Crippen molar-refractivity contribution < 1.29 is 13.9 Å². The minimum atomic E-state index is -0.202. The molecule has 1 aromatic heterocycles. The Balaban J connectivity index is 2.57. The zero-order valence-corrected chi connectivity index (χ0v) is 13.1. The highest BCUT2D eigenvalue weighted by Gasteiger charge is 2.23. The van der Waals surface area contributed by atoms with Crippen molar-refractivity contribution in [3.05, 3.63) is 50.4 Å². The van der Waals surface area contributed by atoms with Crippen LogP contribution in [0.3, 0.4) is 0 Å². The Labute approximate surface area is 127 Å². The van der Waals surface area contributed by atoms with E-state index in [0.29, 0.717) is 32.7 Å². The summed E-state index contributed by atoms with van der Waals surface area (Å²) in [6.07, 6.45) is 0. The average Bonchev–Trinajstić information content (AvgIpc) is 2.65. The number of carbonyl (C=O) groups excluding carboxylic acids is 1. The first-order chi connectivity index (χ1) is 9.36. The van der Waals surface area contributed by atoms with E-state index in [4.69, 9.17) is 32.4 Å². The van der Waals surface area contributed by atoms with Gasteiger partial charge in [-0.25, -0.2) is 0 Å². The van der Waals surface area contributed by atoms with Crippen LogP contribution in [0, 0.1) is 20.8 Å². The van der Waals surface area contributed by atoms with Gasteiger partial charge in [-0.3, -0.25) is 4.79 Å². The van der Waals surface area contributed by atoms with Gasteiger partial charge in [0.05, 0.1) is 22.7 Å². The molecule has 0 radical (unpaired) electrons. The number of ether oxygens (including phenoxy) is 1. The van der Waals surface area contributed by atoms with Crippen LogP contribution in [-0.4, -0.2) is 12.9 Å². The monoisotopic (exact) mass is 312 g/mol. The van der Waals surface area contributed by atoms with Crippen LogP contribution >= 0.6 is 23.2 Å². The summed E-state index contributed by atoms with van der Waals surface area (Å²) in [6.45, 7) is 5.42. The van der Waals surface area contributed by atoms with Gasteiger partial charge in [0.2, 0.25) is 0 Å². The predicted octanol–water partition coefficient (Wildman–Crippen LogP) is 4.75. The molecule has 20 heavy (non-hydrogen) atoms. The van der Waals surface area contributed by atoms with E-state index < -0.39 is 0 Å². The Morgan fingerprint density at radius 3 is 2.25 bits per heavy atom. The molecule has 5 heteroatoms. The summed E-state index contributed by atoms with van der Waals surface area (Å²) >= 11 is 12.2. The van der Waals surface area contributed by atoms with E-state index in [-0.39, 0.29) is 5.78 Å². The second kappa shape index (κ2) is 5.51. The lowest BCUT2D eigenvalue weighted by molar-refractivity contribution is 0.103. The maximum atomic E-state index is 12.6. The minimum Gasteiger partial charge on any atom is -0.495 e. The fourth-order valence-corrected chi connectivity index (χ4v) is 2.60. The number of halogens is 2. The predicted molar refractivity (Wildman–Crippen MR) is 79.4 cm³/mol. The molecular weight excluding hydrogens is 299 g/mol. The first-order valence-corrected chi connectivity index (χ1v) is 6.76. The summed E-state index contributed by atoms with van der Waals surface area (Å²) in [4.78, 5) is 12.6. The highest BCUT2D eigenvalue weighted by atomic mass is 35.5. The molecule has 0 amide bonds. The third-order valence-corrected chi connectivity index (χ3v) is 3.88. The van der Waals surface area contributed by atoms with Crippen LogP contribution < -0.4 is 4.74 Å². The van der Waals surface area contributed by atoms with E-state index in [0.717, 1.165) is 11.3 Å². The first kappa shape index (κ1) is 14.9. The van der Waals surface area contributed by atoms with Gasteiger partial charge in [0, 0.05) is 17.2 Å². The molecular formula is C15H14Cl2O3. The van der Waals surface area contributed by atoms with Gasteiger partial charge in [-0.05, 0) is 26.8 Å². The second-order valence-electron chi connectivity index (χ2n) is 4.51. The maximum absolute atomic E-state index is 12.6. The number of carbonyl (C=O) groups is 1. The SMILES string of the molecule is COc1cc(Cl)c(C(=O)c2c(C)oc(C)c2C)cc1Cl. The lowest BCUT2D eigenvalue weighted by atomic mass is 9.99. The summed E-state index contributed by atoms with van der Waals surface area (Å²) < 4.78 is 10.6. The smallest absolute Gasteiger partial charge is 0.198 e. The largest absolute Gasteiger partial charge is 0.495 e. The van der Waals surface area contributed by atoms with Gasteiger partial charge in [0.1, 0.15) is 17.3 Å². The molecule has 0 fully saturated rings. The molecule has 1 aromatic carbocycles. The molecule has 0 aliphatic carbocycles. The molecule has 2 rings (SSSR count). The normalized spacial score (nSPS) is 10.7. The van der Waals surface area contributed by atoms with E-state index in [1.165, 1.54) is 19.2 Å². The number of rotatable bonds is 3. The van der Waals surface area contributed by atoms with Gasteiger partial charge in [-0.1, -0.05) is 23.2 Å². The minimum absolute atomic E-state index is 0.202. The molecule has 0 saturated heterocycles. The van der Waals surface area contributed by atoms with Crippen molar-refractivity contribution in [1.29, 1.82) is 0 Å². The van der Waals surface area contributed by atoms with Crippen molar-refractivity contribution in [3.8, 4) is 5.75 Å². The molecule has 0 spiro atoms. The third-order valence-electron chi connectivity index (χ3n) is 3.27. The van der Waals surface area contributed by atoms with E-state index >= 15 is 0 Å². The number of furan rings is 1. The summed E-state index contributed by atoms with van der Waals surface area (Å²) in [5, 5.41) is 0.643. The van der Waals surface area contributed by atoms with Gasteiger partial charge in [0.25, 0.3) is 0 Å². The Bertz CT molecular complexity index is 687. The molecule has 1 heterocycles.